The van der Waals surface area contributed by atoms with Crippen molar-refractivity contribution in [2.24, 2.45) is 0 Å². The van der Waals surface area contributed by atoms with Gasteiger partial charge in [0.25, 0.3) is 5.69 Å². The highest BCUT2D eigenvalue weighted by Gasteiger charge is 2.20. The molecule has 1 saturated heterocycles. The number of amides is 1. The second-order valence-electron chi connectivity index (χ2n) is 4.80. The molecule has 20 heavy (non-hydrogen) atoms. The predicted molar refractivity (Wildman–Crippen MR) is 78.1 cm³/mol. The van der Waals surface area contributed by atoms with E-state index in [1.54, 1.807) is 12.1 Å². The van der Waals surface area contributed by atoms with Crippen molar-refractivity contribution in [1.82, 2.24) is 10.2 Å². The summed E-state index contributed by atoms with van der Waals surface area (Å²) in [5.74, 6) is 0.0715. The van der Waals surface area contributed by atoms with Gasteiger partial charge in [0, 0.05) is 37.8 Å². The van der Waals surface area contributed by atoms with E-state index in [9.17, 15) is 14.9 Å². The molecule has 1 heterocycles. The number of nitro benzene ring substituents is 1. The van der Waals surface area contributed by atoms with Crippen molar-refractivity contribution in [3.05, 3.63) is 39.9 Å². The quantitative estimate of drug-likeness (QED) is 0.676. The van der Waals surface area contributed by atoms with Gasteiger partial charge in [-0.2, -0.15) is 0 Å². The molecular weight excluding hydrogens is 282 g/mol. The first-order chi connectivity index (χ1) is 9.06. The van der Waals surface area contributed by atoms with Crippen molar-refractivity contribution in [2.45, 2.75) is 19.4 Å². The maximum atomic E-state index is 12.1. The Hall–Kier alpha value is -1.66. The standard InChI is InChI=1S/C13H17N3O3.ClH/c1-10-9-15(7-6-14-10)13(17)8-11-2-4-12(5-3-11)16(18)19;/h2-5,10,14H,6-9H2,1H3;1H/t10-;/m0./s1. The van der Waals surface area contributed by atoms with Crippen molar-refractivity contribution in [3.8, 4) is 0 Å². The van der Waals surface area contributed by atoms with E-state index in [0.717, 1.165) is 18.7 Å². The Morgan fingerprint density at radius 1 is 1.45 bits per heavy atom. The highest BCUT2D eigenvalue weighted by Crippen LogP contribution is 2.13. The molecule has 6 nitrogen and oxygen atoms in total. The van der Waals surface area contributed by atoms with Gasteiger partial charge in [-0.15, -0.1) is 12.4 Å². The Kier molecular flexibility index (Phi) is 5.91. The summed E-state index contributed by atoms with van der Waals surface area (Å²) >= 11 is 0. The molecule has 1 N–H and O–H groups in total. The number of piperazine rings is 1. The number of carbonyl (C=O) groups excluding carboxylic acids is 1. The fourth-order valence-corrected chi connectivity index (χ4v) is 2.18. The van der Waals surface area contributed by atoms with Gasteiger partial charge in [-0.3, -0.25) is 14.9 Å². The molecule has 1 aliphatic rings. The van der Waals surface area contributed by atoms with Crippen LogP contribution in [0.1, 0.15) is 12.5 Å². The number of benzene rings is 1. The molecule has 1 fully saturated rings. The Balaban J connectivity index is 0.00000200. The number of nitrogens with zero attached hydrogens (tertiary/aromatic N) is 2. The van der Waals surface area contributed by atoms with E-state index < -0.39 is 4.92 Å². The van der Waals surface area contributed by atoms with Crippen LogP contribution in [0.25, 0.3) is 0 Å². The maximum absolute atomic E-state index is 12.1. The second-order valence-corrected chi connectivity index (χ2v) is 4.80. The molecule has 1 atom stereocenters. The zero-order chi connectivity index (χ0) is 13.8. The van der Waals surface area contributed by atoms with Crippen LogP contribution in [0, 0.1) is 10.1 Å². The lowest BCUT2D eigenvalue weighted by Gasteiger charge is -2.32. The number of rotatable bonds is 3. The van der Waals surface area contributed by atoms with Crippen molar-refractivity contribution in [3.63, 3.8) is 0 Å². The van der Waals surface area contributed by atoms with Crippen LogP contribution >= 0.6 is 12.4 Å². The van der Waals surface area contributed by atoms with E-state index in [1.165, 1.54) is 12.1 Å². The van der Waals surface area contributed by atoms with Crippen molar-refractivity contribution < 1.29 is 9.72 Å². The average molecular weight is 300 g/mol. The normalized spacial score (nSPS) is 18.2. The number of non-ortho nitro benzene ring substituents is 1. The van der Waals surface area contributed by atoms with Gasteiger partial charge < -0.3 is 10.2 Å². The first-order valence-electron chi connectivity index (χ1n) is 6.31. The second kappa shape index (κ2) is 7.21. The molecule has 7 heteroatoms. The summed E-state index contributed by atoms with van der Waals surface area (Å²) in [4.78, 5) is 24.0. The zero-order valence-electron chi connectivity index (χ0n) is 11.2. The third-order valence-corrected chi connectivity index (χ3v) is 3.22. The van der Waals surface area contributed by atoms with Gasteiger partial charge in [0.05, 0.1) is 11.3 Å². The van der Waals surface area contributed by atoms with Crippen LogP contribution in [0.5, 0.6) is 0 Å². The molecule has 0 aromatic heterocycles. The summed E-state index contributed by atoms with van der Waals surface area (Å²) in [6.45, 7) is 4.29. The first kappa shape index (κ1) is 16.4. The molecule has 110 valence electrons. The van der Waals surface area contributed by atoms with E-state index in [1.807, 2.05) is 11.8 Å². The molecule has 1 amide bonds. The number of carbonyl (C=O) groups is 1. The number of hydrogen-bond acceptors (Lipinski definition) is 4. The molecule has 0 aliphatic carbocycles. The SMILES string of the molecule is C[C@H]1CN(C(=O)Cc2ccc([N+](=O)[O-])cc2)CCN1.Cl. The van der Waals surface area contributed by atoms with Crippen molar-refractivity contribution in [2.75, 3.05) is 19.6 Å². The lowest BCUT2D eigenvalue weighted by Crippen LogP contribution is -2.51. The average Bonchev–Trinajstić information content (AvgIpc) is 2.39. The van der Waals surface area contributed by atoms with Crippen LogP contribution in [0.4, 0.5) is 5.69 Å². The smallest absolute Gasteiger partial charge is 0.269 e. The molecule has 2 rings (SSSR count). The summed E-state index contributed by atoms with van der Waals surface area (Å²) in [7, 11) is 0. The molecule has 1 aliphatic heterocycles. The third-order valence-electron chi connectivity index (χ3n) is 3.22. The van der Waals surface area contributed by atoms with Crippen LogP contribution in [0.2, 0.25) is 0 Å². The largest absolute Gasteiger partial charge is 0.340 e. The van der Waals surface area contributed by atoms with E-state index in [0.29, 0.717) is 19.0 Å². The summed E-state index contributed by atoms with van der Waals surface area (Å²) in [6.07, 6.45) is 0.296. The molecule has 0 saturated carbocycles. The molecule has 0 unspecified atom stereocenters. The highest BCUT2D eigenvalue weighted by atomic mass is 35.5. The molecule has 0 radical (unpaired) electrons. The van der Waals surface area contributed by atoms with Crippen LogP contribution in [-0.2, 0) is 11.2 Å². The fraction of sp³-hybridized carbons (Fsp3) is 0.462. The van der Waals surface area contributed by atoms with E-state index in [4.69, 9.17) is 0 Å². The summed E-state index contributed by atoms with van der Waals surface area (Å²) < 4.78 is 0. The number of halogens is 1. The first-order valence-corrected chi connectivity index (χ1v) is 6.31. The fourth-order valence-electron chi connectivity index (χ4n) is 2.18. The van der Waals surface area contributed by atoms with E-state index in [2.05, 4.69) is 5.32 Å². The van der Waals surface area contributed by atoms with Gasteiger partial charge in [-0.1, -0.05) is 12.1 Å². The molecule has 1 aromatic rings. The predicted octanol–water partition coefficient (Wildman–Crippen LogP) is 1.38. The molecule has 0 spiro atoms. The minimum atomic E-state index is -0.441. The number of hydrogen-bond donors (Lipinski definition) is 1. The van der Waals surface area contributed by atoms with Crippen molar-refractivity contribution in [1.29, 1.82) is 0 Å². The molecule has 0 bridgehead atoms. The van der Waals surface area contributed by atoms with Crippen molar-refractivity contribution >= 4 is 24.0 Å². The van der Waals surface area contributed by atoms with Gasteiger partial charge in [0.15, 0.2) is 0 Å². The van der Waals surface area contributed by atoms with E-state index >= 15 is 0 Å². The van der Waals surface area contributed by atoms with Gasteiger partial charge in [0.1, 0.15) is 0 Å². The number of nitrogens with one attached hydrogen (secondary N) is 1. The molecular formula is C13H18ClN3O3. The van der Waals surface area contributed by atoms with Crippen LogP contribution in [0.3, 0.4) is 0 Å². The lowest BCUT2D eigenvalue weighted by atomic mass is 10.1. The third kappa shape index (κ3) is 4.18. The Morgan fingerprint density at radius 3 is 2.65 bits per heavy atom. The van der Waals surface area contributed by atoms with Gasteiger partial charge in [-0.05, 0) is 12.5 Å². The minimum absolute atomic E-state index is 0. The lowest BCUT2D eigenvalue weighted by molar-refractivity contribution is -0.384. The summed E-state index contributed by atoms with van der Waals surface area (Å²) in [5, 5.41) is 13.8. The minimum Gasteiger partial charge on any atom is -0.340 e. The van der Waals surface area contributed by atoms with E-state index in [-0.39, 0.29) is 24.0 Å². The van der Waals surface area contributed by atoms with Gasteiger partial charge in [-0.25, -0.2) is 0 Å². The Labute approximate surface area is 123 Å². The summed E-state index contributed by atoms with van der Waals surface area (Å²) in [5.41, 5.74) is 0.855. The van der Waals surface area contributed by atoms with Crippen LogP contribution in [0.15, 0.2) is 24.3 Å². The topological polar surface area (TPSA) is 75.5 Å². The molecule has 1 aromatic carbocycles. The summed E-state index contributed by atoms with van der Waals surface area (Å²) in [6, 6.07) is 6.46. The highest BCUT2D eigenvalue weighted by molar-refractivity contribution is 5.85. The Bertz CT molecular complexity index is 478. The van der Waals surface area contributed by atoms with Gasteiger partial charge >= 0.3 is 0 Å². The number of nitro groups is 1. The van der Waals surface area contributed by atoms with Crippen LogP contribution in [-0.4, -0.2) is 41.4 Å². The maximum Gasteiger partial charge on any atom is 0.269 e. The van der Waals surface area contributed by atoms with Crippen LogP contribution < -0.4 is 5.32 Å². The monoisotopic (exact) mass is 299 g/mol. The van der Waals surface area contributed by atoms with Gasteiger partial charge in [0.2, 0.25) is 5.91 Å². The Morgan fingerprint density at radius 2 is 2.10 bits per heavy atom. The zero-order valence-corrected chi connectivity index (χ0v) is 12.1.